The molecule has 0 aromatic carbocycles. The van der Waals surface area contributed by atoms with Gasteiger partial charge in [0.2, 0.25) is 0 Å². The zero-order valence-electron chi connectivity index (χ0n) is 8.58. The van der Waals surface area contributed by atoms with E-state index in [9.17, 15) is 9.00 Å². The zero-order chi connectivity index (χ0) is 12.1. The van der Waals surface area contributed by atoms with Crippen LogP contribution in [0.15, 0.2) is 18.3 Å². The molecule has 1 aromatic rings. The number of nitrogens with zero attached hydrogens (tertiary/aromatic N) is 2. The van der Waals surface area contributed by atoms with Crippen LogP contribution in [0.2, 0.25) is 0 Å². The molecule has 1 heterocycles. The number of carbonyl (C=O) groups is 1. The molecule has 0 amide bonds. The number of aliphatic carboxylic acids is 1. The Morgan fingerprint density at radius 2 is 2.44 bits per heavy atom. The molecule has 6 heteroatoms. The number of carboxylic acid groups (broad SMARTS) is 1. The van der Waals surface area contributed by atoms with Gasteiger partial charge in [-0.2, -0.15) is 5.26 Å². The van der Waals surface area contributed by atoms with Gasteiger partial charge in [-0.3, -0.25) is 9.00 Å². The Morgan fingerprint density at radius 3 is 3.00 bits per heavy atom. The Balaban J connectivity index is 2.86. The molecule has 5 nitrogen and oxygen atoms in total. The van der Waals surface area contributed by atoms with Crippen LogP contribution in [-0.2, 0) is 21.3 Å². The minimum atomic E-state index is -1.55. The van der Waals surface area contributed by atoms with Gasteiger partial charge < -0.3 is 5.11 Å². The Hall–Kier alpha value is -1.74. The van der Waals surface area contributed by atoms with Crippen LogP contribution >= 0.6 is 0 Å². The highest BCUT2D eigenvalue weighted by Gasteiger charge is 2.20. The molecule has 0 aliphatic heterocycles. The van der Waals surface area contributed by atoms with E-state index in [4.69, 9.17) is 10.4 Å². The second-order valence-corrected chi connectivity index (χ2v) is 4.89. The lowest BCUT2D eigenvalue weighted by Crippen LogP contribution is -2.23. The summed E-state index contributed by atoms with van der Waals surface area (Å²) >= 11 is 0. The second kappa shape index (κ2) is 5.37. The fourth-order valence-corrected chi connectivity index (χ4v) is 2.06. The highest BCUT2D eigenvalue weighted by Crippen LogP contribution is 2.10. The maximum atomic E-state index is 11.6. The molecule has 0 aliphatic rings. The highest BCUT2D eigenvalue weighted by molar-refractivity contribution is 7.85. The molecule has 1 N–H and O–H groups in total. The van der Waals surface area contributed by atoms with E-state index in [0.717, 1.165) is 0 Å². The largest absolute Gasteiger partial charge is 0.480 e. The molecule has 0 spiro atoms. The van der Waals surface area contributed by atoms with Crippen molar-refractivity contribution in [2.24, 2.45) is 0 Å². The summed E-state index contributed by atoms with van der Waals surface area (Å²) in [5.41, 5.74) is 0.699. The standard InChI is InChI=1S/C10H10N2O3S/c1-7(10(13)14)16(15)6-8-3-2-4-12-9(8)5-11/h2-4,7H,6H2,1H3,(H,13,14). The van der Waals surface area contributed by atoms with Crippen LogP contribution in [0.5, 0.6) is 0 Å². The van der Waals surface area contributed by atoms with Crippen LogP contribution < -0.4 is 0 Å². The summed E-state index contributed by atoms with van der Waals surface area (Å²) in [6, 6.07) is 5.12. The van der Waals surface area contributed by atoms with Gasteiger partial charge in [0, 0.05) is 22.6 Å². The molecule has 0 aliphatic carbocycles. The van der Waals surface area contributed by atoms with E-state index in [1.54, 1.807) is 12.1 Å². The third-order valence-electron chi connectivity index (χ3n) is 2.04. The lowest BCUT2D eigenvalue weighted by atomic mass is 10.2. The molecular formula is C10H10N2O3S. The number of rotatable bonds is 4. The van der Waals surface area contributed by atoms with Gasteiger partial charge in [-0.15, -0.1) is 0 Å². The van der Waals surface area contributed by atoms with Crippen molar-refractivity contribution in [1.29, 1.82) is 5.26 Å². The fourth-order valence-electron chi connectivity index (χ4n) is 1.05. The van der Waals surface area contributed by atoms with Gasteiger partial charge in [-0.25, -0.2) is 4.98 Å². The van der Waals surface area contributed by atoms with E-state index >= 15 is 0 Å². The molecule has 0 saturated heterocycles. The van der Waals surface area contributed by atoms with Crippen molar-refractivity contribution < 1.29 is 14.1 Å². The number of hydrogen-bond acceptors (Lipinski definition) is 4. The third kappa shape index (κ3) is 2.87. The van der Waals surface area contributed by atoms with Gasteiger partial charge in [0.1, 0.15) is 17.0 Å². The van der Waals surface area contributed by atoms with Gasteiger partial charge in [0.05, 0.1) is 5.75 Å². The molecular weight excluding hydrogens is 228 g/mol. The number of carboxylic acids is 1. The molecule has 1 aromatic heterocycles. The molecule has 0 bridgehead atoms. The first-order valence-corrected chi connectivity index (χ1v) is 5.88. The summed E-state index contributed by atoms with van der Waals surface area (Å²) in [6.45, 7) is 1.38. The summed E-state index contributed by atoms with van der Waals surface area (Å²) < 4.78 is 11.6. The minimum Gasteiger partial charge on any atom is -0.480 e. The highest BCUT2D eigenvalue weighted by atomic mass is 32.2. The fraction of sp³-hybridized carbons (Fsp3) is 0.300. The molecule has 2 atom stereocenters. The van der Waals surface area contributed by atoms with Crippen LogP contribution in [0.1, 0.15) is 18.2 Å². The zero-order valence-corrected chi connectivity index (χ0v) is 9.40. The molecule has 0 saturated carbocycles. The molecule has 1 rings (SSSR count). The normalized spacial score (nSPS) is 13.8. The predicted octanol–water partition coefficient (Wildman–Crippen LogP) is 0.675. The SMILES string of the molecule is CC(C(=O)O)S(=O)Cc1cccnc1C#N. The van der Waals surface area contributed by atoms with Gasteiger partial charge in [0.15, 0.2) is 0 Å². The third-order valence-corrected chi connectivity index (χ3v) is 3.62. The molecule has 84 valence electrons. The first-order chi connectivity index (χ1) is 7.56. The average molecular weight is 238 g/mol. The lowest BCUT2D eigenvalue weighted by molar-refractivity contribution is -0.136. The van der Waals surface area contributed by atoms with Crippen molar-refractivity contribution in [3.8, 4) is 6.07 Å². The van der Waals surface area contributed by atoms with Crippen molar-refractivity contribution in [3.63, 3.8) is 0 Å². The van der Waals surface area contributed by atoms with E-state index in [2.05, 4.69) is 4.98 Å². The number of pyridine rings is 1. The van der Waals surface area contributed by atoms with Crippen LogP contribution in [0, 0.1) is 11.3 Å². The van der Waals surface area contributed by atoms with Crippen molar-refractivity contribution >= 4 is 16.8 Å². The lowest BCUT2D eigenvalue weighted by Gasteiger charge is -2.06. The average Bonchev–Trinajstić information content (AvgIpc) is 2.28. The number of hydrogen-bond donors (Lipinski definition) is 1. The van der Waals surface area contributed by atoms with Crippen LogP contribution in [-0.4, -0.2) is 25.5 Å². The van der Waals surface area contributed by atoms with Crippen molar-refractivity contribution in [1.82, 2.24) is 4.98 Å². The first-order valence-electron chi connectivity index (χ1n) is 4.50. The quantitative estimate of drug-likeness (QED) is 0.832. The van der Waals surface area contributed by atoms with Gasteiger partial charge in [-0.1, -0.05) is 6.07 Å². The smallest absolute Gasteiger partial charge is 0.318 e. The predicted molar refractivity (Wildman–Crippen MR) is 57.9 cm³/mol. The van der Waals surface area contributed by atoms with E-state index in [1.807, 2.05) is 6.07 Å². The van der Waals surface area contributed by atoms with Crippen molar-refractivity contribution in [2.75, 3.05) is 0 Å². The monoisotopic (exact) mass is 238 g/mol. The van der Waals surface area contributed by atoms with E-state index < -0.39 is 22.0 Å². The molecule has 0 fully saturated rings. The molecule has 16 heavy (non-hydrogen) atoms. The van der Waals surface area contributed by atoms with Crippen molar-refractivity contribution in [3.05, 3.63) is 29.6 Å². The summed E-state index contributed by atoms with van der Waals surface area (Å²) in [7, 11) is -1.55. The Morgan fingerprint density at radius 1 is 1.75 bits per heavy atom. The molecule has 2 unspecified atom stereocenters. The Kier molecular flexibility index (Phi) is 4.14. The minimum absolute atomic E-state index is 0.0319. The summed E-state index contributed by atoms with van der Waals surface area (Å²) in [4.78, 5) is 14.4. The summed E-state index contributed by atoms with van der Waals surface area (Å²) in [5, 5.41) is 16.5. The van der Waals surface area contributed by atoms with Crippen LogP contribution in [0.25, 0.3) is 0 Å². The maximum absolute atomic E-state index is 11.6. The van der Waals surface area contributed by atoms with Gasteiger partial charge in [0.25, 0.3) is 0 Å². The van der Waals surface area contributed by atoms with Gasteiger partial charge >= 0.3 is 5.97 Å². The first kappa shape index (κ1) is 12.3. The summed E-state index contributed by atoms with van der Waals surface area (Å²) in [5.74, 6) is -1.08. The van der Waals surface area contributed by atoms with E-state index in [1.165, 1.54) is 13.1 Å². The van der Waals surface area contributed by atoms with Crippen molar-refractivity contribution in [2.45, 2.75) is 17.9 Å². The van der Waals surface area contributed by atoms with E-state index in [-0.39, 0.29) is 11.4 Å². The van der Waals surface area contributed by atoms with Crippen LogP contribution in [0.3, 0.4) is 0 Å². The molecule has 0 radical (unpaired) electrons. The number of nitriles is 1. The van der Waals surface area contributed by atoms with Gasteiger partial charge in [-0.05, 0) is 13.0 Å². The van der Waals surface area contributed by atoms with Crippen LogP contribution in [0.4, 0.5) is 0 Å². The second-order valence-electron chi connectivity index (χ2n) is 3.13. The van der Waals surface area contributed by atoms with E-state index in [0.29, 0.717) is 5.56 Å². The Labute approximate surface area is 95.2 Å². The maximum Gasteiger partial charge on any atom is 0.318 e. The summed E-state index contributed by atoms with van der Waals surface area (Å²) in [6.07, 6.45) is 1.46. The Bertz CT molecular complexity index is 467. The number of aromatic nitrogens is 1. The topological polar surface area (TPSA) is 91.0 Å².